The molecule has 0 atom stereocenters. The van der Waals surface area contributed by atoms with E-state index in [4.69, 9.17) is 0 Å². The van der Waals surface area contributed by atoms with Crippen LogP contribution in [0.5, 0.6) is 0 Å². The van der Waals surface area contributed by atoms with E-state index in [2.05, 4.69) is 50.8 Å². The normalized spacial score (nSPS) is 18.8. The average molecular weight is 206 g/mol. The van der Waals surface area contributed by atoms with E-state index in [1.165, 1.54) is 17.6 Å². The number of hydrogen-bond acceptors (Lipinski definition) is 2. The molecule has 1 aliphatic rings. The Hall–Kier alpha value is -1.05. The fourth-order valence-electron chi connectivity index (χ4n) is 1.49. The molecule has 0 aliphatic carbocycles. The third-order valence-electron chi connectivity index (χ3n) is 2.95. The van der Waals surface area contributed by atoms with E-state index in [-0.39, 0.29) is 5.41 Å². The Bertz CT molecular complexity index is 303. The van der Waals surface area contributed by atoms with Crippen LogP contribution < -0.4 is 5.32 Å². The predicted octanol–water partition coefficient (Wildman–Crippen LogP) is 3.27. The SMILES string of the molecule is C=NC1=C(/C=C(\C)C(C)(C)C)CCCN1. The minimum atomic E-state index is 0.233. The summed E-state index contributed by atoms with van der Waals surface area (Å²) in [5.74, 6) is 0.963. The van der Waals surface area contributed by atoms with Crippen LogP contribution in [0.3, 0.4) is 0 Å². The monoisotopic (exact) mass is 206 g/mol. The van der Waals surface area contributed by atoms with Crippen LogP contribution in [0.25, 0.3) is 0 Å². The molecule has 0 aromatic heterocycles. The average Bonchev–Trinajstić information content (AvgIpc) is 2.17. The molecule has 0 radical (unpaired) electrons. The summed E-state index contributed by atoms with van der Waals surface area (Å²) in [7, 11) is 0. The molecule has 1 aliphatic heterocycles. The standard InChI is InChI=1S/C13H22N2/c1-10(13(2,3)4)9-11-7-6-8-15-12(11)14-5/h9,15H,5-8H2,1-4H3/b10-9+. The van der Waals surface area contributed by atoms with Crippen molar-refractivity contribution in [1.82, 2.24) is 5.32 Å². The molecule has 1 rings (SSSR count). The molecule has 2 nitrogen and oxygen atoms in total. The third kappa shape index (κ3) is 3.22. The number of nitrogens with one attached hydrogen (secondary N) is 1. The second kappa shape index (κ2) is 4.65. The van der Waals surface area contributed by atoms with Crippen molar-refractivity contribution in [3.8, 4) is 0 Å². The second-order valence-corrected chi connectivity index (χ2v) is 5.14. The Balaban J connectivity index is 2.96. The van der Waals surface area contributed by atoms with Crippen LogP contribution in [0.15, 0.2) is 28.0 Å². The topological polar surface area (TPSA) is 24.4 Å². The van der Waals surface area contributed by atoms with Crippen molar-refractivity contribution in [2.75, 3.05) is 6.54 Å². The number of hydrogen-bond donors (Lipinski definition) is 1. The molecule has 1 N–H and O–H groups in total. The molecule has 2 heteroatoms. The van der Waals surface area contributed by atoms with E-state index >= 15 is 0 Å². The molecule has 0 unspecified atom stereocenters. The van der Waals surface area contributed by atoms with Gasteiger partial charge in [0.1, 0.15) is 5.82 Å². The number of rotatable bonds is 2. The minimum Gasteiger partial charge on any atom is -0.370 e. The predicted molar refractivity (Wildman–Crippen MR) is 67.0 cm³/mol. The maximum Gasteiger partial charge on any atom is 0.128 e. The quantitative estimate of drug-likeness (QED) is 0.689. The molecule has 0 aromatic carbocycles. The molecular weight excluding hydrogens is 184 g/mol. The van der Waals surface area contributed by atoms with E-state index < -0.39 is 0 Å². The molecule has 0 saturated heterocycles. The molecular formula is C13H22N2. The Morgan fingerprint density at radius 3 is 2.67 bits per heavy atom. The summed E-state index contributed by atoms with van der Waals surface area (Å²) in [6.07, 6.45) is 4.55. The van der Waals surface area contributed by atoms with Crippen LogP contribution in [0.1, 0.15) is 40.5 Å². The van der Waals surface area contributed by atoms with Gasteiger partial charge in [-0.3, -0.25) is 0 Å². The summed E-state index contributed by atoms with van der Waals surface area (Å²) in [4.78, 5) is 4.04. The van der Waals surface area contributed by atoms with Crippen LogP contribution in [0.4, 0.5) is 0 Å². The van der Waals surface area contributed by atoms with Gasteiger partial charge in [-0.2, -0.15) is 0 Å². The van der Waals surface area contributed by atoms with Gasteiger partial charge in [0.25, 0.3) is 0 Å². The summed E-state index contributed by atoms with van der Waals surface area (Å²) in [5, 5.41) is 3.28. The summed E-state index contributed by atoms with van der Waals surface area (Å²) >= 11 is 0. The van der Waals surface area contributed by atoms with Crippen molar-refractivity contribution >= 4 is 6.72 Å². The van der Waals surface area contributed by atoms with Gasteiger partial charge in [-0.25, -0.2) is 4.99 Å². The van der Waals surface area contributed by atoms with Gasteiger partial charge in [0.2, 0.25) is 0 Å². The Morgan fingerprint density at radius 2 is 2.13 bits per heavy atom. The van der Waals surface area contributed by atoms with Crippen LogP contribution in [-0.4, -0.2) is 13.3 Å². The molecule has 0 aromatic rings. The summed E-state index contributed by atoms with van der Waals surface area (Å²) in [5.41, 5.74) is 2.92. The lowest BCUT2D eigenvalue weighted by molar-refractivity contribution is 0.502. The van der Waals surface area contributed by atoms with Crippen molar-refractivity contribution < 1.29 is 0 Å². The van der Waals surface area contributed by atoms with Gasteiger partial charge in [-0.15, -0.1) is 0 Å². The van der Waals surface area contributed by atoms with Gasteiger partial charge in [0, 0.05) is 6.54 Å². The van der Waals surface area contributed by atoms with Crippen molar-refractivity contribution in [3.05, 3.63) is 23.0 Å². The Morgan fingerprint density at radius 1 is 1.47 bits per heavy atom. The lowest BCUT2D eigenvalue weighted by Gasteiger charge is -2.22. The van der Waals surface area contributed by atoms with Crippen molar-refractivity contribution in [1.29, 1.82) is 0 Å². The van der Waals surface area contributed by atoms with Crippen LogP contribution >= 0.6 is 0 Å². The zero-order valence-corrected chi connectivity index (χ0v) is 10.4. The summed E-state index contributed by atoms with van der Waals surface area (Å²) in [6.45, 7) is 13.5. The highest BCUT2D eigenvalue weighted by molar-refractivity contribution is 5.36. The fourth-order valence-corrected chi connectivity index (χ4v) is 1.49. The Kier molecular flexibility index (Phi) is 3.72. The third-order valence-corrected chi connectivity index (χ3v) is 2.95. The van der Waals surface area contributed by atoms with Gasteiger partial charge in [0.05, 0.1) is 0 Å². The largest absolute Gasteiger partial charge is 0.370 e. The molecule has 0 saturated carbocycles. The van der Waals surface area contributed by atoms with Crippen molar-refractivity contribution in [2.45, 2.75) is 40.5 Å². The maximum atomic E-state index is 4.04. The highest BCUT2D eigenvalue weighted by atomic mass is 15.0. The number of allylic oxidation sites excluding steroid dienone is 3. The summed E-state index contributed by atoms with van der Waals surface area (Å²) in [6, 6.07) is 0. The first-order valence-corrected chi connectivity index (χ1v) is 5.57. The van der Waals surface area contributed by atoms with Crippen LogP contribution in [-0.2, 0) is 0 Å². The molecule has 1 heterocycles. The molecule has 15 heavy (non-hydrogen) atoms. The fraction of sp³-hybridized carbons (Fsp3) is 0.615. The highest BCUT2D eigenvalue weighted by Crippen LogP contribution is 2.28. The molecule has 84 valence electrons. The van der Waals surface area contributed by atoms with Gasteiger partial charge in [-0.05, 0) is 37.5 Å². The van der Waals surface area contributed by atoms with E-state index in [1.54, 1.807) is 0 Å². The molecule has 0 bridgehead atoms. The zero-order chi connectivity index (χ0) is 11.5. The van der Waals surface area contributed by atoms with Gasteiger partial charge in [0.15, 0.2) is 0 Å². The Labute approximate surface area is 93.2 Å². The molecule has 0 spiro atoms. The van der Waals surface area contributed by atoms with E-state index in [0.29, 0.717) is 0 Å². The van der Waals surface area contributed by atoms with Crippen molar-refractivity contribution in [3.63, 3.8) is 0 Å². The van der Waals surface area contributed by atoms with Gasteiger partial charge < -0.3 is 5.32 Å². The first kappa shape index (κ1) is 12.0. The van der Waals surface area contributed by atoms with Crippen LogP contribution in [0, 0.1) is 5.41 Å². The first-order chi connectivity index (χ1) is 6.95. The van der Waals surface area contributed by atoms with Crippen LogP contribution in [0.2, 0.25) is 0 Å². The minimum absolute atomic E-state index is 0.233. The second-order valence-electron chi connectivity index (χ2n) is 5.14. The lowest BCUT2D eigenvalue weighted by atomic mass is 9.86. The van der Waals surface area contributed by atoms with E-state index in [1.807, 2.05) is 0 Å². The van der Waals surface area contributed by atoms with E-state index in [9.17, 15) is 0 Å². The maximum absolute atomic E-state index is 4.04. The van der Waals surface area contributed by atoms with Crippen molar-refractivity contribution in [2.24, 2.45) is 10.4 Å². The lowest BCUT2D eigenvalue weighted by Crippen LogP contribution is -2.20. The smallest absolute Gasteiger partial charge is 0.128 e. The first-order valence-electron chi connectivity index (χ1n) is 5.57. The van der Waals surface area contributed by atoms with Gasteiger partial charge >= 0.3 is 0 Å². The molecule has 0 amide bonds. The summed E-state index contributed by atoms with van der Waals surface area (Å²) < 4.78 is 0. The zero-order valence-electron chi connectivity index (χ0n) is 10.4. The van der Waals surface area contributed by atoms with E-state index in [0.717, 1.165) is 18.8 Å². The highest BCUT2D eigenvalue weighted by Gasteiger charge is 2.15. The number of aliphatic imine (C=N–C) groups is 1. The molecule has 0 fully saturated rings. The van der Waals surface area contributed by atoms with Gasteiger partial charge in [-0.1, -0.05) is 32.4 Å². The number of nitrogens with zero attached hydrogens (tertiary/aromatic N) is 1.